The molecule has 152 valence electrons. The second-order valence-electron chi connectivity index (χ2n) is 7.86. The molecule has 1 saturated heterocycles. The molecule has 0 saturated carbocycles. The van der Waals surface area contributed by atoms with Crippen molar-refractivity contribution in [3.63, 3.8) is 0 Å². The molecular formula is C22H28N5OS+. The van der Waals surface area contributed by atoms with Gasteiger partial charge < -0.3 is 15.5 Å². The molecule has 1 amide bonds. The number of hydrogen-bond acceptors (Lipinski definition) is 5. The van der Waals surface area contributed by atoms with Gasteiger partial charge >= 0.3 is 0 Å². The Bertz CT molecular complexity index is 1020. The highest BCUT2D eigenvalue weighted by Gasteiger charge is 2.27. The summed E-state index contributed by atoms with van der Waals surface area (Å²) < 4.78 is 0. The molecule has 3 aromatic rings. The Balaban J connectivity index is 1.32. The molecule has 6 nitrogen and oxygen atoms in total. The van der Waals surface area contributed by atoms with Gasteiger partial charge in [0.2, 0.25) is 5.91 Å². The summed E-state index contributed by atoms with van der Waals surface area (Å²) in [5.41, 5.74) is 2.53. The fourth-order valence-corrected chi connectivity index (χ4v) is 5.10. The van der Waals surface area contributed by atoms with Gasteiger partial charge in [0.15, 0.2) is 0 Å². The summed E-state index contributed by atoms with van der Waals surface area (Å²) in [6, 6.07) is 10.8. The normalized spacial score (nSPS) is 18.9. The van der Waals surface area contributed by atoms with Crippen molar-refractivity contribution in [3.05, 3.63) is 52.2 Å². The lowest BCUT2D eigenvalue weighted by atomic mass is 10.2. The van der Waals surface area contributed by atoms with Gasteiger partial charge in [0.25, 0.3) is 0 Å². The van der Waals surface area contributed by atoms with Crippen LogP contribution in [0.3, 0.4) is 0 Å². The molecule has 1 fully saturated rings. The van der Waals surface area contributed by atoms with Gasteiger partial charge in [0, 0.05) is 16.9 Å². The molecule has 1 aliphatic rings. The number of carbonyl (C=O) groups is 1. The van der Waals surface area contributed by atoms with Crippen molar-refractivity contribution in [2.75, 3.05) is 25.0 Å². The Morgan fingerprint density at radius 1 is 1.21 bits per heavy atom. The van der Waals surface area contributed by atoms with Crippen LogP contribution < -0.4 is 15.5 Å². The van der Waals surface area contributed by atoms with E-state index < -0.39 is 0 Å². The molecular weight excluding hydrogens is 382 g/mol. The number of rotatable bonds is 6. The first kappa shape index (κ1) is 19.8. The zero-order chi connectivity index (χ0) is 20.4. The standard InChI is InChI=1S/C22H27N5OS/c1-14-15(2)29-22-20(14)21(24-16(3)25-22)23-11-19(28)26-18-9-10-27(13-18)12-17-7-5-4-6-8-17/h4-8,18H,9-13H2,1-3H3,(H,26,28)(H,23,24,25)/p+1/t18-/m0/s1. The van der Waals surface area contributed by atoms with E-state index in [1.807, 2.05) is 13.0 Å². The van der Waals surface area contributed by atoms with Crippen LogP contribution in [0.4, 0.5) is 5.82 Å². The predicted molar refractivity (Wildman–Crippen MR) is 118 cm³/mol. The monoisotopic (exact) mass is 410 g/mol. The molecule has 29 heavy (non-hydrogen) atoms. The number of aromatic nitrogens is 2. The van der Waals surface area contributed by atoms with E-state index in [9.17, 15) is 4.79 Å². The van der Waals surface area contributed by atoms with Crippen molar-refractivity contribution in [2.45, 2.75) is 39.8 Å². The van der Waals surface area contributed by atoms with Gasteiger partial charge in [0.1, 0.15) is 23.0 Å². The molecule has 0 spiro atoms. The number of amides is 1. The molecule has 1 unspecified atom stereocenters. The number of nitrogens with zero attached hydrogens (tertiary/aromatic N) is 2. The third-order valence-corrected chi connectivity index (χ3v) is 6.70. The summed E-state index contributed by atoms with van der Waals surface area (Å²) in [5, 5.41) is 7.46. The Morgan fingerprint density at radius 2 is 2.00 bits per heavy atom. The lowest BCUT2D eigenvalue weighted by molar-refractivity contribution is -0.901. The molecule has 0 aliphatic carbocycles. The molecule has 1 aromatic carbocycles. The maximum absolute atomic E-state index is 12.5. The van der Waals surface area contributed by atoms with Gasteiger partial charge in [-0.3, -0.25) is 4.79 Å². The number of likely N-dealkylation sites (tertiary alicyclic amines) is 1. The zero-order valence-corrected chi connectivity index (χ0v) is 18.0. The summed E-state index contributed by atoms with van der Waals surface area (Å²) in [5.74, 6) is 1.50. The minimum atomic E-state index is 0.0185. The van der Waals surface area contributed by atoms with Crippen LogP contribution in [0.15, 0.2) is 30.3 Å². The van der Waals surface area contributed by atoms with Crippen LogP contribution in [0.5, 0.6) is 0 Å². The van der Waals surface area contributed by atoms with Gasteiger partial charge in [-0.1, -0.05) is 30.3 Å². The lowest BCUT2D eigenvalue weighted by Gasteiger charge is -2.15. The van der Waals surface area contributed by atoms with Crippen molar-refractivity contribution in [1.82, 2.24) is 15.3 Å². The topological polar surface area (TPSA) is 71.3 Å². The second-order valence-corrected chi connectivity index (χ2v) is 9.06. The summed E-state index contributed by atoms with van der Waals surface area (Å²) in [4.78, 5) is 25.3. The van der Waals surface area contributed by atoms with Crippen molar-refractivity contribution in [2.24, 2.45) is 0 Å². The number of quaternary nitrogens is 1. The summed E-state index contributed by atoms with van der Waals surface area (Å²) in [6.45, 7) is 9.37. The third kappa shape index (κ3) is 4.57. The maximum atomic E-state index is 12.5. The van der Waals surface area contributed by atoms with Crippen molar-refractivity contribution < 1.29 is 9.69 Å². The average molecular weight is 411 g/mol. The van der Waals surface area contributed by atoms with Crippen LogP contribution >= 0.6 is 11.3 Å². The van der Waals surface area contributed by atoms with Gasteiger partial charge in [-0.05, 0) is 26.3 Å². The van der Waals surface area contributed by atoms with Gasteiger partial charge in [-0.15, -0.1) is 11.3 Å². The van der Waals surface area contributed by atoms with Crippen molar-refractivity contribution in [3.8, 4) is 0 Å². The van der Waals surface area contributed by atoms with Gasteiger partial charge in [-0.25, -0.2) is 9.97 Å². The number of benzene rings is 1. The number of carbonyl (C=O) groups excluding carboxylic acids is 1. The maximum Gasteiger partial charge on any atom is 0.239 e. The number of aryl methyl sites for hydroxylation is 3. The molecule has 3 heterocycles. The molecule has 3 N–H and O–H groups in total. The molecule has 0 bridgehead atoms. The average Bonchev–Trinajstić information content (AvgIpc) is 3.24. The van der Waals surface area contributed by atoms with Crippen LogP contribution in [-0.4, -0.2) is 41.6 Å². The number of anilines is 1. The Morgan fingerprint density at radius 3 is 2.79 bits per heavy atom. The van der Waals surface area contributed by atoms with E-state index in [0.29, 0.717) is 0 Å². The van der Waals surface area contributed by atoms with Crippen LogP contribution in [-0.2, 0) is 11.3 Å². The molecule has 1 aliphatic heterocycles. The van der Waals surface area contributed by atoms with Gasteiger partial charge in [-0.2, -0.15) is 0 Å². The highest BCUT2D eigenvalue weighted by molar-refractivity contribution is 7.18. The molecule has 0 radical (unpaired) electrons. The molecule has 2 aromatic heterocycles. The predicted octanol–water partition coefficient (Wildman–Crippen LogP) is 2.00. The van der Waals surface area contributed by atoms with E-state index >= 15 is 0 Å². The Labute approximate surface area is 175 Å². The summed E-state index contributed by atoms with van der Waals surface area (Å²) in [7, 11) is 0. The largest absolute Gasteiger partial charge is 0.360 e. The van der Waals surface area contributed by atoms with Crippen LogP contribution in [0.25, 0.3) is 10.2 Å². The van der Waals surface area contributed by atoms with Crippen LogP contribution in [0.1, 0.15) is 28.2 Å². The molecule has 4 rings (SSSR count). The van der Waals surface area contributed by atoms with E-state index in [1.165, 1.54) is 20.9 Å². The highest BCUT2D eigenvalue weighted by atomic mass is 32.1. The summed E-state index contributed by atoms with van der Waals surface area (Å²) in [6.07, 6.45) is 1.02. The third-order valence-electron chi connectivity index (χ3n) is 5.60. The molecule has 7 heteroatoms. The highest BCUT2D eigenvalue weighted by Crippen LogP contribution is 2.33. The number of nitrogens with one attached hydrogen (secondary N) is 3. The first-order chi connectivity index (χ1) is 14.0. The van der Waals surface area contributed by atoms with E-state index in [1.54, 1.807) is 11.3 Å². The fraction of sp³-hybridized carbons (Fsp3) is 0.409. The number of thiophene rings is 1. The van der Waals surface area contributed by atoms with E-state index in [-0.39, 0.29) is 18.5 Å². The minimum absolute atomic E-state index is 0.0185. The second kappa shape index (κ2) is 8.47. The smallest absolute Gasteiger partial charge is 0.239 e. The SMILES string of the molecule is Cc1nc(NCC(=O)N[C@H]2CC[NH+](Cc3ccccc3)C2)c2c(C)c(C)sc2n1. The van der Waals surface area contributed by atoms with E-state index in [0.717, 1.165) is 47.9 Å². The van der Waals surface area contributed by atoms with Crippen molar-refractivity contribution in [1.29, 1.82) is 0 Å². The quantitative estimate of drug-likeness (QED) is 0.581. The lowest BCUT2D eigenvalue weighted by Crippen LogP contribution is -3.09. The number of fused-ring (bicyclic) bond motifs is 1. The van der Waals surface area contributed by atoms with E-state index in [2.05, 4.69) is 58.7 Å². The van der Waals surface area contributed by atoms with Gasteiger partial charge in [0.05, 0.1) is 31.1 Å². The first-order valence-corrected chi connectivity index (χ1v) is 11.0. The van der Waals surface area contributed by atoms with Crippen LogP contribution in [0, 0.1) is 20.8 Å². The van der Waals surface area contributed by atoms with Crippen molar-refractivity contribution >= 4 is 33.3 Å². The number of hydrogen-bond donors (Lipinski definition) is 3. The minimum Gasteiger partial charge on any atom is -0.360 e. The Hall–Kier alpha value is -2.51. The van der Waals surface area contributed by atoms with E-state index in [4.69, 9.17) is 0 Å². The summed E-state index contributed by atoms with van der Waals surface area (Å²) >= 11 is 1.67. The zero-order valence-electron chi connectivity index (χ0n) is 17.2. The fourth-order valence-electron chi connectivity index (χ4n) is 4.03. The first-order valence-electron chi connectivity index (χ1n) is 10.1. The van der Waals surface area contributed by atoms with Crippen LogP contribution in [0.2, 0.25) is 0 Å². The Kier molecular flexibility index (Phi) is 5.78. The molecule has 2 atom stereocenters.